The molecule has 1 aromatic carbocycles. The van der Waals surface area contributed by atoms with E-state index in [0.29, 0.717) is 0 Å². The van der Waals surface area contributed by atoms with Crippen molar-refractivity contribution in [3.05, 3.63) is 29.3 Å². The summed E-state index contributed by atoms with van der Waals surface area (Å²) < 4.78 is 5.59. The van der Waals surface area contributed by atoms with Gasteiger partial charge in [-0.1, -0.05) is 29.8 Å². The second-order valence-corrected chi connectivity index (χ2v) is 4.24. The van der Waals surface area contributed by atoms with Crippen LogP contribution in [0.4, 0.5) is 0 Å². The summed E-state index contributed by atoms with van der Waals surface area (Å²) in [4.78, 5) is 0. The number of halogens is 1. The average molecular weight is 183 g/mol. The predicted molar refractivity (Wildman–Crippen MR) is 49.8 cm³/mol. The van der Waals surface area contributed by atoms with Crippen molar-refractivity contribution in [3.63, 3.8) is 0 Å². The molecule has 0 spiro atoms. The van der Waals surface area contributed by atoms with Crippen molar-refractivity contribution in [1.82, 2.24) is 0 Å². The van der Waals surface area contributed by atoms with E-state index in [1.165, 1.54) is 5.56 Å². The Morgan fingerprint density at radius 3 is 2.92 bits per heavy atom. The SMILES string of the molecule is Cc1cccc2c1OC(C)(Cl)C2. The molecule has 1 atom stereocenters. The first-order valence-corrected chi connectivity index (χ1v) is 4.43. The molecule has 1 heterocycles. The van der Waals surface area contributed by atoms with Gasteiger partial charge in [-0.3, -0.25) is 0 Å². The van der Waals surface area contributed by atoms with Crippen LogP contribution in [0.1, 0.15) is 18.1 Å². The van der Waals surface area contributed by atoms with Crippen LogP contribution in [0.25, 0.3) is 0 Å². The van der Waals surface area contributed by atoms with Gasteiger partial charge in [0.15, 0.2) is 5.06 Å². The second-order valence-electron chi connectivity index (χ2n) is 3.44. The van der Waals surface area contributed by atoms with Gasteiger partial charge in [0.05, 0.1) is 0 Å². The minimum Gasteiger partial charge on any atom is -0.471 e. The summed E-state index contributed by atoms with van der Waals surface area (Å²) in [5.74, 6) is 0.968. The molecule has 0 fully saturated rings. The Morgan fingerprint density at radius 2 is 2.25 bits per heavy atom. The van der Waals surface area contributed by atoms with Gasteiger partial charge >= 0.3 is 0 Å². The lowest BCUT2D eigenvalue weighted by Crippen LogP contribution is -2.21. The van der Waals surface area contributed by atoms with E-state index in [-0.39, 0.29) is 0 Å². The molecule has 0 saturated heterocycles. The molecule has 1 nitrogen and oxygen atoms in total. The summed E-state index contributed by atoms with van der Waals surface area (Å²) in [7, 11) is 0. The number of ether oxygens (including phenoxy) is 1. The lowest BCUT2D eigenvalue weighted by molar-refractivity contribution is 0.208. The summed E-state index contributed by atoms with van der Waals surface area (Å²) in [5.41, 5.74) is 2.38. The predicted octanol–water partition coefficient (Wildman–Crippen LogP) is 2.88. The van der Waals surface area contributed by atoms with Gasteiger partial charge < -0.3 is 4.74 Å². The van der Waals surface area contributed by atoms with Gasteiger partial charge in [-0.15, -0.1) is 0 Å². The molecule has 2 rings (SSSR count). The minimum atomic E-state index is -0.533. The number of hydrogen-bond donors (Lipinski definition) is 0. The van der Waals surface area contributed by atoms with E-state index < -0.39 is 5.06 Å². The number of aryl methyl sites for hydroxylation is 1. The van der Waals surface area contributed by atoms with E-state index in [1.807, 2.05) is 26.0 Å². The van der Waals surface area contributed by atoms with Gasteiger partial charge in [0.1, 0.15) is 5.75 Å². The minimum absolute atomic E-state index is 0.533. The summed E-state index contributed by atoms with van der Waals surface area (Å²) in [6.45, 7) is 3.94. The molecule has 12 heavy (non-hydrogen) atoms. The summed E-state index contributed by atoms with van der Waals surface area (Å²) in [5, 5.41) is -0.533. The summed E-state index contributed by atoms with van der Waals surface area (Å²) in [6.07, 6.45) is 0.797. The Balaban J connectivity index is 2.48. The van der Waals surface area contributed by atoms with Crippen molar-refractivity contribution in [2.75, 3.05) is 0 Å². The number of para-hydroxylation sites is 1. The fraction of sp³-hybridized carbons (Fsp3) is 0.400. The van der Waals surface area contributed by atoms with Crippen LogP contribution in [0.3, 0.4) is 0 Å². The number of fused-ring (bicyclic) bond motifs is 1. The van der Waals surface area contributed by atoms with Crippen LogP contribution in [0.15, 0.2) is 18.2 Å². The molecule has 0 bridgehead atoms. The van der Waals surface area contributed by atoms with Crippen LogP contribution in [-0.4, -0.2) is 5.06 Å². The Bertz CT molecular complexity index is 318. The van der Waals surface area contributed by atoms with Crippen molar-refractivity contribution in [2.45, 2.75) is 25.3 Å². The quantitative estimate of drug-likeness (QED) is 0.561. The maximum absolute atomic E-state index is 6.08. The smallest absolute Gasteiger partial charge is 0.183 e. The summed E-state index contributed by atoms with van der Waals surface area (Å²) in [6, 6.07) is 6.14. The zero-order valence-corrected chi connectivity index (χ0v) is 7.98. The Morgan fingerprint density at radius 1 is 1.50 bits per heavy atom. The van der Waals surface area contributed by atoms with E-state index in [2.05, 4.69) is 6.07 Å². The molecule has 1 unspecified atom stereocenters. The molecule has 0 aromatic heterocycles. The third-order valence-electron chi connectivity index (χ3n) is 2.11. The lowest BCUT2D eigenvalue weighted by atomic mass is 10.1. The van der Waals surface area contributed by atoms with Crippen molar-refractivity contribution >= 4 is 11.6 Å². The first-order valence-electron chi connectivity index (χ1n) is 4.05. The molecule has 64 valence electrons. The van der Waals surface area contributed by atoms with E-state index in [4.69, 9.17) is 16.3 Å². The fourth-order valence-corrected chi connectivity index (χ4v) is 1.81. The Labute approximate surface area is 77.3 Å². The molecule has 0 radical (unpaired) electrons. The van der Waals surface area contributed by atoms with E-state index in [1.54, 1.807) is 0 Å². The first kappa shape index (κ1) is 7.93. The normalized spacial score (nSPS) is 26.6. The van der Waals surface area contributed by atoms with Crippen LogP contribution < -0.4 is 4.74 Å². The molecule has 0 saturated carbocycles. The lowest BCUT2D eigenvalue weighted by Gasteiger charge is -2.14. The highest BCUT2D eigenvalue weighted by molar-refractivity contribution is 6.23. The maximum atomic E-state index is 6.08. The van der Waals surface area contributed by atoms with Gasteiger partial charge in [0, 0.05) is 6.42 Å². The van der Waals surface area contributed by atoms with Gasteiger partial charge in [0.25, 0.3) is 0 Å². The highest BCUT2D eigenvalue weighted by atomic mass is 35.5. The van der Waals surface area contributed by atoms with Gasteiger partial charge in [-0.2, -0.15) is 0 Å². The third-order valence-corrected chi connectivity index (χ3v) is 2.33. The zero-order chi connectivity index (χ0) is 8.77. The molecule has 1 aliphatic heterocycles. The molecule has 1 aromatic rings. The molecular formula is C10H11ClO. The van der Waals surface area contributed by atoms with Gasteiger partial charge in [0.2, 0.25) is 0 Å². The number of alkyl halides is 1. The molecule has 0 aliphatic carbocycles. The largest absolute Gasteiger partial charge is 0.471 e. The number of benzene rings is 1. The maximum Gasteiger partial charge on any atom is 0.183 e. The highest BCUT2D eigenvalue weighted by Gasteiger charge is 2.32. The fourth-order valence-electron chi connectivity index (χ4n) is 1.59. The standard InChI is InChI=1S/C10H11ClO/c1-7-4-3-5-8-6-10(2,11)12-9(7)8/h3-5H,6H2,1-2H3. The number of rotatable bonds is 0. The molecule has 0 amide bonds. The van der Waals surface area contributed by atoms with Crippen molar-refractivity contribution < 1.29 is 4.74 Å². The number of hydrogen-bond acceptors (Lipinski definition) is 1. The van der Waals surface area contributed by atoms with Crippen molar-refractivity contribution in [1.29, 1.82) is 0 Å². The zero-order valence-electron chi connectivity index (χ0n) is 7.23. The van der Waals surface area contributed by atoms with E-state index in [0.717, 1.165) is 17.7 Å². The van der Waals surface area contributed by atoms with Crippen LogP contribution in [0, 0.1) is 6.92 Å². The van der Waals surface area contributed by atoms with Crippen molar-refractivity contribution in [2.24, 2.45) is 0 Å². The monoisotopic (exact) mass is 182 g/mol. The molecule has 1 aliphatic rings. The Kier molecular flexibility index (Phi) is 1.58. The van der Waals surface area contributed by atoms with Gasteiger partial charge in [-0.25, -0.2) is 0 Å². The van der Waals surface area contributed by atoms with E-state index >= 15 is 0 Å². The topological polar surface area (TPSA) is 9.23 Å². The third kappa shape index (κ3) is 1.18. The van der Waals surface area contributed by atoms with Crippen LogP contribution in [0.2, 0.25) is 0 Å². The van der Waals surface area contributed by atoms with Crippen LogP contribution in [0.5, 0.6) is 5.75 Å². The molecular weight excluding hydrogens is 172 g/mol. The van der Waals surface area contributed by atoms with Crippen molar-refractivity contribution in [3.8, 4) is 5.75 Å². The molecule has 0 N–H and O–H groups in total. The summed E-state index contributed by atoms with van der Waals surface area (Å²) >= 11 is 6.08. The Hall–Kier alpha value is -0.690. The second kappa shape index (κ2) is 2.40. The molecule has 2 heteroatoms. The first-order chi connectivity index (χ1) is 5.58. The average Bonchev–Trinajstić information content (AvgIpc) is 2.25. The van der Waals surface area contributed by atoms with Gasteiger partial charge in [-0.05, 0) is 25.0 Å². The van der Waals surface area contributed by atoms with E-state index in [9.17, 15) is 0 Å². The van der Waals surface area contributed by atoms with Crippen LogP contribution >= 0.6 is 11.6 Å². The van der Waals surface area contributed by atoms with Crippen LogP contribution in [-0.2, 0) is 6.42 Å². The highest BCUT2D eigenvalue weighted by Crippen LogP contribution is 2.39.